The molecule has 0 aliphatic rings. The minimum absolute atomic E-state index is 0. The molecule has 4 nitrogen and oxygen atoms in total. The monoisotopic (exact) mass is 309 g/mol. The van der Waals surface area contributed by atoms with E-state index in [0.717, 1.165) is 0 Å². The van der Waals surface area contributed by atoms with Crippen molar-refractivity contribution >= 4 is 17.4 Å². The van der Waals surface area contributed by atoms with Gasteiger partial charge in [-0.3, -0.25) is 4.79 Å². The van der Waals surface area contributed by atoms with Gasteiger partial charge in [0.05, 0.1) is 0 Å². The van der Waals surface area contributed by atoms with Gasteiger partial charge in [-0.15, -0.1) is 0 Å². The van der Waals surface area contributed by atoms with Crippen LogP contribution in [0.3, 0.4) is 0 Å². The van der Waals surface area contributed by atoms with Crippen LogP contribution in [-0.4, -0.2) is 11.8 Å². The summed E-state index contributed by atoms with van der Waals surface area (Å²) in [4.78, 5) is 23.1. The number of hydrogen-bond acceptors (Lipinski definition) is 4. The van der Waals surface area contributed by atoms with Crippen LogP contribution in [-0.2, 0) is 11.2 Å². The van der Waals surface area contributed by atoms with E-state index in [1.54, 1.807) is 19.1 Å². The molecular formula is C16H13FNNaO3. The molecule has 0 aliphatic heterocycles. The smallest absolute Gasteiger partial charge is 0.550 e. The number of carboxylic acids is 1. The van der Waals surface area contributed by atoms with Crippen LogP contribution in [0.4, 0.5) is 10.1 Å². The van der Waals surface area contributed by atoms with Crippen LogP contribution >= 0.6 is 0 Å². The van der Waals surface area contributed by atoms with E-state index in [2.05, 4.69) is 0 Å². The summed E-state index contributed by atoms with van der Waals surface area (Å²) < 4.78 is 12.9. The van der Waals surface area contributed by atoms with Gasteiger partial charge in [0.2, 0.25) is 0 Å². The van der Waals surface area contributed by atoms with Gasteiger partial charge in [0.25, 0.3) is 0 Å². The number of anilines is 1. The largest absolute Gasteiger partial charge is 1.00 e. The van der Waals surface area contributed by atoms with Crippen LogP contribution in [0.15, 0.2) is 36.4 Å². The van der Waals surface area contributed by atoms with Gasteiger partial charge < -0.3 is 15.6 Å². The van der Waals surface area contributed by atoms with Gasteiger partial charge in [-0.25, -0.2) is 4.39 Å². The van der Waals surface area contributed by atoms with Gasteiger partial charge in [-0.1, -0.05) is 6.07 Å². The van der Waals surface area contributed by atoms with E-state index in [9.17, 15) is 19.1 Å². The zero-order valence-corrected chi connectivity index (χ0v) is 14.4. The van der Waals surface area contributed by atoms with E-state index in [1.807, 2.05) is 0 Å². The van der Waals surface area contributed by atoms with Crippen LogP contribution in [0.2, 0.25) is 0 Å². The Bertz CT molecular complexity index is 714. The van der Waals surface area contributed by atoms with Crippen molar-refractivity contribution in [1.29, 1.82) is 0 Å². The Hall–Kier alpha value is -1.69. The molecule has 0 radical (unpaired) electrons. The van der Waals surface area contributed by atoms with E-state index < -0.39 is 11.8 Å². The standard InChI is InChI=1S/C16H14FNO3.Na/c1-9-6-11(8-14(19)20)15(18)13(7-9)16(21)10-2-4-12(17)5-3-10;/h2-7H,8,18H2,1H3,(H,19,20);/q;+1/p-1. The molecule has 0 unspecified atom stereocenters. The first-order valence-corrected chi connectivity index (χ1v) is 6.27. The Balaban J connectivity index is 0.00000242. The molecule has 0 aliphatic carbocycles. The summed E-state index contributed by atoms with van der Waals surface area (Å²) in [6.45, 7) is 1.74. The molecule has 2 N–H and O–H groups in total. The molecular weight excluding hydrogens is 296 g/mol. The molecule has 0 heterocycles. The first kappa shape index (κ1) is 18.4. The zero-order chi connectivity index (χ0) is 15.6. The van der Waals surface area contributed by atoms with Crippen molar-refractivity contribution < 1.29 is 48.6 Å². The predicted molar refractivity (Wildman–Crippen MR) is 74.1 cm³/mol. The summed E-state index contributed by atoms with van der Waals surface area (Å²) in [5, 5.41) is 10.7. The second-order valence-electron chi connectivity index (χ2n) is 4.77. The summed E-state index contributed by atoms with van der Waals surface area (Å²) in [6, 6.07) is 8.27. The Morgan fingerprint density at radius 1 is 1.18 bits per heavy atom. The number of nitrogens with two attached hydrogens (primary N) is 1. The van der Waals surface area contributed by atoms with Gasteiger partial charge >= 0.3 is 29.6 Å². The number of ketones is 1. The molecule has 0 aromatic heterocycles. The quantitative estimate of drug-likeness (QED) is 0.412. The van der Waals surface area contributed by atoms with Crippen molar-refractivity contribution in [3.8, 4) is 0 Å². The van der Waals surface area contributed by atoms with Crippen LogP contribution in [0.1, 0.15) is 27.0 Å². The molecule has 0 saturated carbocycles. The van der Waals surface area contributed by atoms with E-state index in [-0.39, 0.29) is 58.6 Å². The van der Waals surface area contributed by atoms with Crippen molar-refractivity contribution in [2.75, 3.05) is 5.73 Å². The van der Waals surface area contributed by atoms with Crippen molar-refractivity contribution in [2.24, 2.45) is 0 Å². The van der Waals surface area contributed by atoms with Crippen LogP contribution < -0.4 is 40.4 Å². The van der Waals surface area contributed by atoms with Gasteiger partial charge in [0, 0.05) is 29.2 Å². The molecule has 108 valence electrons. The summed E-state index contributed by atoms with van der Waals surface area (Å²) in [5.74, 6) is -2.09. The molecule has 0 amide bonds. The summed E-state index contributed by atoms with van der Waals surface area (Å²) in [7, 11) is 0. The van der Waals surface area contributed by atoms with Crippen LogP contribution in [0, 0.1) is 12.7 Å². The molecule has 0 atom stereocenters. The second-order valence-corrected chi connectivity index (χ2v) is 4.77. The molecule has 2 aromatic carbocycles. The zero-order valence-electron chi connectivity index (χ0n) is 12.4. The Labute approximate surface area is 149 Å². The minimum Gasteiger partial charge on any atom is -0.550 e. The molecule has 6 heteroatoms. The third kappa shape index (κ3) is 4.16. The van der Waals surface area contributed by atoms with Crippen molar-refractivity contribution in [3.63, 3.8) is 0 Å². The normalized spacial score (nSPS) is 9.91. The van der Waals surface area contributed by atoms with E-state index in [4.69, 9.17) is 5.73 Å². The Kier molecular flexibility index (Phi) is 6.29. The summed E-state index contributed by atoms with van der Waals surface area (Å²) in [5.41, 5.74) is 7.53. The van der Waals surface area contributed by atoms with Crippen molar-refractivity contribution in [2.45, 2.75) is 13.3 Å². The molecule has 0 bridgehead atoms. The molecule has 0 spiro atoms. The fourth-order valence-electron chi connectivity index (χ4n) is 2.12. The second kappa shape index (κ2) is 7.54. The maximum absolute atomic E-state index is 12.9. The van der Waals surface area contributed by atoms with E-state index in [0.29, 0.717) is 11.1 Å². The molecule has 2 aromatic rings. The fraction of sp³-hybridized carbons (Fsp3) is 0.125. The van der Waals surface area contributed by atoms with Crippen LogP contribution in [0.25, 0.3) is 0 Å². The summed E-state index contributed by atoms with van der Waals surface area (Å²) in [6.07, 6.45) is -0.364. The maximum Gasteiger partial charge on any atom is 1.00 e. The number of aliphatic carboxylic acids is 1. The van der Waals surface area contributed by atoms with Gasteiger partial charge in [-0.2, -0.15) is 0 Å². The number of rotatable bonds is 4. The Morgan fingerprint density at radius 2 is 1.77 bits per heavy atom. The average molecular weight is 309 g/mol. The van der Waals surface area contributed by atoms with E-state index in [1.165, 1.54) is 24.3 Å². The maximum atomic E-state index is 12.9. The Morgan fingerprint density at radius 3 is 2.32 bits per heavy atom. The average Bonchev–Trinajstić information content (AvgIpc) is 2.42. The van der Waals surface area contributed by atoms with Gasteiger partial charge in [-0.05, 0) is 48.4 Å². The third-order valence-corrected chi connectivity index (χ3v) is 3.10. The molecule has 2 rings (SSSR count). The van der Waals surface area contributed by atoms with Crippen molar-refractivity contribution in [3.05, 3.63) is 64.5 Å². The number of carboxylic acid groups (broad SMARTS) is 1. The van der Waals surface area contributed by atoms with Crippen LogP contribution in [0.5, 0.6) is 0 Å². The SMILES string of the molecule is Cc1cc(CC(=O)[O-])c(N)c(C(=O)c2ccc(F)cc2)c1.[Na+]. The van der Waals surface area contributed by atoms with E-state index >= 15 is 0 Å². The predicted octanol–water partition coefficient (Wildman–Crippen LogP) is -1.76. The first-order chi connectivity index (χ1) is 9.88. The van der Waals surface area contributed by atoms with Gasteiger partial charge in [0.15, 0.2) is 5.78 Å². The molecule has 0 fully saturated rings. The molecule has 22 heavy (non-hydrogen) atoms. The number of benzene rings is 2. The molecule has 0 saturated heterocycles. The number of hydrogen-bond donors (Lipinski definition) is 1. The summed E-state index contributed by atoms with van der Waals surface area (Å²) >= 11 is 0. The number of halogens is 1. The number of nitrogen functional groups attached to an aromatic ring is 1. The first-order valence-electron chi connectivity index (χ1n) is 6.27. The number of aryl methyl sites for hydroxylation is 1. The van der Waals surface area contributed by atoms with Crippen molar-refractivity contribution in [1.82, 2.24) is 0 Å². The van der Waals surface area contributed by atoms with Gasteiger partial charge in [0.1, 0.15) is 5.82 Å². The number of carbonyl (C=O) groups excluding carboxylic acids is 2. The fourth-order valence-corrected chi connectivity index (χ4v) is 2.12. The minimum atomic E-state index is -1.27. The third-order valence-electron chi connectivity index (χ3n) is 3.10. The number of carbonyl (C=O) groups is 2. The topological polar surface area (TPSA) is 83.2 Å².